The number of esters is 2. The SMILES string of the molecule is COc1ccc(CC(=O)Oc2cccc(OC(C)(C)C)c2OC(=O)Cc2ccc(OC)cc2)cc1. The molecule has 35 heavy (non-hydrogen) atoms. The Morgan fingerprint density at radius 2 is 1.11 bits per heavy atom. The second-order valence-electron chi connectivity index (χ2n) is 8.80. The Hall–Kier alpha value is -4.00. The van der Waals surface area contributed by atoms with Crippen LogP contribution in [0.25, 0.3) is 0 Å². The Kier molecular flexibility index (Phi) is 8.36. The van der Waals surface area contributed by atoms with Crippen molar-refractivity contribution in [3.05, 3.63) is 77.9 Å². The lowest BCUT2D eigenvalue weighted by atomic mass is 10.1. The van der Waals surface area contributed by atoms with Gasteiger partial charge in [-0.2, -0.15) is 0 Å². The molecule has 0 aliphatic rings. The van der Waals surface area contributed by atoms with Crippen LogP contribution in [0.2, 0.25) is 0 Å². The fraction of sp³-hybridized carbons (Fsp3) is 0.286. The second kappa shape index (κ2) is 11.4. The van der Waals surface area contributed by atoms with Gasteiger partial charge >= 0.3 is 11.9 Å². The maximum absolute atomic E-state index is 12.8. The molecule has 0 amide bonds. The highest BCUT2D eigenvalue weighted by molar-refractivity contribution is 5.80. The normalized spacial score (nSPS) is 10.9. The van der Waals surface area contributed by atoms with Crippen LogP contribution >= 0.6 is 0 Å². The molecule has 0 unspecified atom stereocenters. The summed E-state index contributed by atoms with van der Waals surface area (Å²) in [6.45, 7) is 5.62. The predicted molar refractivity (Wildman–Crippen MR) is 131 cm³/mol. The van der Waals surface area contributed by atoms with Crippen LogP contribution in [0, 0.1) is 0 Å². The van der Waals surface area contributed by atoms with Crippen LogP contribution in [0.3, 0.4) is 0 Å². The number of hydrogen-bond acceptors (Lipinski definition) is 7. The second-order valence-corrected chi connectivity index (χ2v) is 8.80. The molecule has 184 valence electrons. The molecule has 3 aromatic carbocycles. The summed E-state index contributed by atoms with van der Waals surface area (Å²) in [5.41, 5.74) is 0.946. The van der Waals surface area contributed by atoms with E-state index in [9.17, 15) is 9.59 Å². The molecule has 0 saturated carbocycles. The fourth-order valence-corrected chi connectivity index (χ4v) is 3.22. The van der Waals surface area contributed by atoms with Crippen molar-refractivity contribution in [3.8, 4) is 28.7 Å². The van der Waals surface area contributed by atoms with Crippen LogP contribution in [0.1, 0.15) is 31.9 Å². The van der Waals surface area contributed by atoms with Crippen LogP contribution in [-0.2, 0) is 22.4 Å². The van der Waals surface area contributed by atoms with Gasteiger partial charge in [0.1, 0.15) is 17.1 Å². The van der Waals surface area contributed by atoms with Gasteiger partial charge in [0, 0.05) is 0 Å². The zero-order chi connectivity index (χ0) is 25.4. The molecule has 0 fully saturated rings. The molecule has 0 saturated heterocycles. The van der Waals surface area contributed by atoms with Crippen molar-refractivity contribution in [1.29, 1.82) is 0 Å². The molecule has 0 radical (unpaired) electrons. The minimum Gasteiger partial charge on any atom is -0.497 e. The van der Waals surface area contributed by atoms with E-state index >= 15 is 0 Å². The van der Waals surface area contributed by atoms with Crippen LogP contribution in [0.15, 0.2) is 66.7 Å². The molecule has 7 nitrogen and oxygen atoms in total. The van der Waals surface area contributed by atoms with Crippen LogP contribution in [-0.4, -0.2) is 31.8 Å². The molecular weight excluding hydrogens is 448 g/mol. The summed E-state index contributed by atoms with van der Waals surface area (Å²) in [6, 6.07) is 19.1. The first kappa shape index (κ1) is 25.6. The van der Waals surface area contributed by atoms with Crippen molar-refractivity contribution in [2.45, 2.75) is 39.2 Å². The van der Waals surface area contributed by atoms with E-state index in [0.717, 1.165) is 11.1 Å². The quantitative estimate of drug-likeness (QED) is 0.310. The Morgan fingerprint density at radius 1 is 0.657 bits per heavy atom. The summed E-state index contributed by atoms with van der Waals surface area (Å²) in [4.78, 5) is 25.5. The van der Waals surface area contributed by atoms with E-state index < -0.39 is 17.5 Å². The Balaban J connectivity index is 1.79. The van der Waals surface area contributed by atoms with Crippen molar-refractivity contribution in [2.75, 3.05) is 14.2 Å². The number of hydrogen-bond donors (Lipinski definition) is 0. The number of methoxy groups -OCH3 is 2. The van der Waals surface area contributed by atoms with E-state index in [1.165, 1.54) is 0 Å². The van der Waals surface area contributed by atoms with Gasteiger partial charge in [-0.3, -0.25) is 9.59 Å². The maximum Gasteiger partial charge on any atom is 0.315 e. The minimum atomic E-state index is -0.567. The number of carbonyl (C=O) groups excluding carboxylic acids is 2. The van der Waals surface area contributed by atoms with E-state index in [1.54, 1.807) is 80.9 Å². The van der Waals surface area contributed by atoms with Gasteiger partial charge in [-0.1, -0.05) is 30.3 Å². The molecule has 3 aromatic rings. The largest absolute Gasteiger partial charge is 0.497 e. The average molecular weight is 479 g/mol. The van der Waals surface area contributed by atoms with Gasteiger partial charge in [0.2, 0.25) is 5.75 Å². The lowest BCUT2D eigenvalue weighted by molar-refractivity contribution is -0.136. The van der Waals surface area contributed by atoms with Gasteiger partial charge < -0.3 is 23.7 Å². The third-order valence-electron chi connectivity index (χ3n) is 4.81. The zero-order valence-corrected chi connectivity index (χ0v) is 20.6. The summed E-state index contributed by atoms with van der Waals surface area (Å²) in [7, 11) is 3.15. The number of ether oxygens (including phenoxy) is 5. The molecule has 0 aromatic heterocycles. The van der Waals surface area contributed by atoms with E-state index in [4.69, 9.17) is 23.7 Å². The predicted octanol–water partition coefficient (Wildman–Crippen LogP) is 5.18. The molecule has 7 heteroatoms. The summed E-state index contributed by atoms with van der Waals surface area (Å²) in [6.07, 6.45) is 0.0562. The lowest BCUT2D eigenvalue weighted by Gasteiger charge is -2.23. The van der Waals surface area contributed by atoms with Gasteiger partial charge in [0.05, 0.1) is 27.1 Å². The highest BCUT2D eigenvalue weighted by Crippen LogP contribution is 2.39. The van der Waals surface area contributed by atoms with Crippen molar-refractivity contribution in [1.82, 2.24) is 0 Å². The summed E-state index contributed by atoms with van der Waals surface area (Å²) in [5.74, 6) is 0.827. The summed E-state index contributed by atoms with van der Waals surface area (Å²) in [5, 5.41) is 0. The van der Waals surface area contributed by atoms with Gasteiger partial charge in [-0.05, 0) is 68.3 Å². The summed E-state index contributed by atoms with van der Waals surface area (Å²) < 4.78 is 27.6. The Labute approximate surface area is 205 Å². The fourth-order valence-electron chi connectivity index (χ4n) is 3.22. The lowest BCUT2D eigenvalue weighted by Crippen LogP contribution is -2.24. The Bertz CT molecular complexity index is 1140. The van der Waals surface area contributed by atoms with Crippen LogP contribution in [0.4, 0.5) is 0 Å². The van der Waals surface area contributed by atoms with E-state index in [-0.39, 0.29) is 24.3 Å². The highest BCUT2D eigenvalue weighted by Gasteiger charge is 2.23. The molecule has 0 heterocycles. The maximum atomic E-state index is 12.8. The van der Waals surface area contributed by atoms with Crippen molar-refractivity contribution in [3.63, 3.8) is 0 Å². The smallest absolute Gasteiger partial charge is 0.315 e. The Morgan fingerprint density at radius 3 is 1.57 bits per heavy atom. The molecule has 0 aliphatic heterocycles. The number of benzene rings is 3. The average Bonchev–Trinajstić information content (AvgIpc) is 2.81. The number of rotatable bonds is 9. The first-order valence-corrected chi connectivity index (χ1v) is 11.2. The third kappa shape index (κ3) is 7.78. The highest BCUT2D eigenvalue weighted by atomic mass is 16.6. The van der Waals surface area contributed by atoms with Gasteiger partial charge in [-0.15, -0.1) is 0 Å². The molecular formula is C28H30O7. The van der Waals surface area contributed by atoms with E-state index in [0.29, 0.717) is 17.2 Å². The molecule has 0 spiro atoms. The van der Waals surface area contributed by atoms with Crippen molar-refractivity contribution < 1.29 is 33.3 Å². The zero-order valence-electron chi connectivity index (χ0n) is 20.6. The standard InChI is InChI=1S/C28H30O7/c1-28(2,3)35-24-8-6-7-23(33-25(29)17-19-9-13-21(31-4)14-10-19)27(24)34-26(30)18-20-11-15-22(32-5)16-12-20/h6-16H,17-18H2,1-5H3. The number of para-hydroxylation sites is 1. The van der Waals surface area contributed by atoms with Crippen molar-refractivity contribution >= 4 is 11.9 Å². The molecule has 0 aliphatic carbocycles. The van der Waals surface area contributed by atoms with Gasteiger partial charge in [0.25, 0.3) is 0 Å². The van der Waals surface area contributed by atoms with Crippen LogP contribution < -0.4 is 23.7 Å². The minimum absolute atomic E-state index is 0.0209. The topological polar surface area (TPSA) is 80.3 Å². The molecule has 0 bridgehead atoms. The molecule has 0 N–H and O–H groups in total. The van der Waals surface area contributed by atoms with Crippen LogP contribution in [0.5, 0.6) is 28.7 Å². The summed E-state index contributed by atoms with van der Waals surface area (Å²) >= 11 is 0. The first-order valence-electron chi connectivity index (χ1n) is 11.2. The van der Waals surface area contributed by atoms with Gasteiger partial charge in [0.15, 0.2) is 11.5 Å². The third-order valence-corrected chi connectivity index (χ3v) is 4.81. The number of carbonyl (C=O) groups is 2. The monoisotopic (exact) mass is 478 g/mol. The molecule has 3 rings (SSSR count). The van der Waals surface area contributed by atoms with Crippen molar-refractivity contribution in [2.24, 2.45) is 0 Å². The van der Waals surface area contributed by atoms with E-state index in [2.05, 4.69) is 0 Å². The van der Waals surface area contributed by atoms with Gasteiger partial charge in [-0.25, -0.2) is 0 Å². The first-order chi connectivity index (χ1) is 16.7. The molecule has 0 atom stereocenters. The van der Waals surface area contributed by atoms with E-state index in [1.807, 2.05) is 20.8 Å².